The van der Waals surface area contributed by atoms with Gasteiger partial charge < -0.3 is 14.5 Å². The molecule has 156 valence electrons. The van der Waals surface area contributed by atoms with Gasteiger partial charge in [0.25, 0.3) is 5.56 Å². The highest BCUT2D eigenvalue weighted by Crippen LogP contribution is 2.35. The van der Waals surface area contributed by atoms with E-state index in [9.17, 15) is 9.59 Å². The van der Waals surface area contributed by atoms with Gasteiger partial charge in [0.15, 0.2) is 11.5 Å². The number of nitrogens with one attached hydrogen (secondary N) is 2. The summed E-state index contributed by atoms with van der Waals surface area (Å²) in [6.07, 6.45) is 1.71. The van der Waals surface area contributed by atoms with Crippen molar-refractivity contribution in [3.8, 4) is 11.5 Å². The number of aromatic amines is 1. The SMILES string of the molecule is CCOc1c(Cl)cc(/C=N\NC(=O)CCc2nc3ccccc3[nH]c2=O)cc1OC. The molecule has 9 heteroatoms. The molecule has 0 saturated carbocycles. The Bertz CT molecular complexity index is 1140. The molecule has 0 aliphatic heterocycles. The summed E-state index contributed by atoms with van der Waals surface area (Å²) in [5, 5.41) is 4.31. The first-order valence-electron chi connectivity index (χ1n) is 9.32. The van der Waals surface area contributed by atoms with E-state index in [2.05, 4.69) is 20.5 Å². The molecule has 0 spiro atoms. The number of hydrazone groups is 1. The van der Waals surface area contributed by atoms with E-state index in [0.717, 1.165) is 0 Å². The Morgan fingerprint density at radius 3 is 2.90 bits per heavy atom. The quantitative estimate of drug-likeness (QED) is 0.423. The molecule has 3 rings (SSSR count). The lowest BCUT2D eigenvalue weighted by Crippen LogP contribution is -2.21. The highest BCUT2D eigenvalue weighted by molar-refractivity contribution is 6.32. The summed E-state index contributed by atoms with van der Waals surface area (Å²) >= 11 is 6.21. The molecule has 2 aromatic carbocycles. The first kappa shape index (κ1) is 21.3. The maximum Gasteiger partial charge on any atom is 0.270 e. The number of hydrogen-bond donors (Lipinski definition) is 2. The molecule has 1 heterocycles. The van der Waals surface area contributed by atoms with Crippen molar-refractivity contribution >= 4 is 34.8 Å². The second kappa shape index (κ2) is 9.89. The van der Waals surface area contributed by atoms with Crippen LogP contribution in [0.2, 0.25) is 5.02 Å². The van der Waals surface area contributed by atoms with Gasteiger partial charge in [-0.15, -0.1) is 0 Å². The lowest BCUT2D eigenvalue weighted by atomic mass is 10.2. The van der Waals surface area contributed by atoms with Gasteiger partial charge in [0.1, 0.15) is 5.69 Å². The average molecular weight is 429 g/mol. The molecular formula is C21H21ClN4O4. The van der Waals surface area contributed by atoms with Crippen molar-refractivity contribution in [3.63, 3.8) is 0 Å². The fraction of sp³-hybridized carbons (Fsp3) is 0.238. The van der Waals surface area contributed by atoms with Gasteiger partial charge in [0.2, 0.25) is 5.91 Å². The normalized spacial score (nSPS) is 11.0. The Hall–Kier alpha value is -3.39. The van der Waals surface area contributed by atoms with Gasteiger partial charge in [0.05, 0.1) is 36.0 Å². The minimum absolute atomic E-state index is 0.0686. The molecule has 0 atom stereocenters. The second-order valence-electron chi connectivity index (χ2n) is 6.29. The number of hydrogen-bond acceptors (Lipinski definition) is 6. The molecule has 0 unspecified atom stereocenters. The standard InChI is InChI=1S/C21H21ClN4O4/c1-3-30-20-14(22)10-13(11-18(20)29-2)12-23-26-19(27)9-8-17-21(28)25-16-7-5-4-6-15(16)24-17/h4-7,10-12H,3,8-9H2,1-2H3,(H,25,28)(H,26,27)/b23-12-. The van der Waals surface area contributed by atoms with Gasteiger partial charge in [-0.25, -0.2) is 10.4 Å². The lowest BCUT2D eigenvalue weighted by Gasteiger charge is -2.11. The Kier molecular flexibility index (Phi) is 7.03. The third kappa shape index (κ3) is 5.15. The number of halogens is 1. The predicted molar refractivity (Wildman–Crippen MR) is 116 cm³/mol. The third-order valence-corrected chi connectivity index (χ3v) is 4.48. The number of aromatic nitrogens is 2. The number of aryl methyl sites for hydroxylation is 1. The fourth-order valence-electron chi connectivity index (χ4n) is 2.80. The maximum atomic E-state index is 12.1. The summed E-state index contributed by atoms with van der Waals surface area (Å²) in [5.41, 5.74) is 4.39. The zero-order valence-corrected chi connectivity index (χ0v) is 17.3. The van der Waals surface area contributed by atoms with Gasteiger partial charge in [-0.2, -0.15) is 5.10 Å². The van der Waals surface area contributed by atoms with Crippen LogP contribution in [0.1, 0.15) is 24.6 Å². The van der Waals surface area contributed by atoms with E-state index in [1.54, 1.807) is 24.3 Å². The summed E-state index contributed by atoms with van der Waals surface area (Å²) in [6, 6.07) is 10.6. The first-order valence-corrected chi connectivity index (χ1v) is 9.69. The van der Waals surface area contributed by atoms with Gasteiger partial charge in [0, 0.05) is 12.8 Å². The lowest BCUT2D eigenvalue weighted by molar-refractivity contribution is -0.121. The predicted octanol–water partition coefficient (Wildman–Crippen LogP) is 3.07. The molecule has 0 aliphatic carbocycles. The van der Waals surface area contributed by atoms with Gasteiger partial charge in [-0.3, -0.25) is 9.59 Å². The van der Waals surface area contributed by atoms with Crippen LogP contribution >= 0.6 is 11.6 Å². The molecule has 1 aromatic heterocycles. The number of nitrogens with zero attached hydrogens (tertiary/aromatic N) is 2. The van der Waals surface area contributed by atoms with Gasteiger partial charge in [-0.1, -0.05) is 23.7 Å². The van der Waals surface area contributed by atoms with Crippen LogP contribution in [0.15, 0.2) is 46.3 Å². The monoisotopic (exact) mass is 428 g/mol. The molecule has 0 aliphatic rings. The zero-order chi connectivity index (χ0) is 21.5. The molecule has 3 aromatic rings. The maximum absolute atomic E-state index is 12.1. The van der Waals surface area contributed by atoms with E-state index >= 15 is 0 Å². The zero-order valence-electron chi connectivity index (χ0n) is 16.6. The number of amides is 1. The summed E-state index contributed by atoms with van der Waals surface area (Å²) < 4.78 is 10.7. The number of rotatable bonds is 8. The van der Waals surface area contributed by atoms with E-state index in [-0.39, 0.29) is 24.3 Å². The highest BCUT2D eigenvalue weighted by atomic mass is 35.5. The Morgan fingerprint density at radius 2 is 2.13 bits per heavy atom. The average Bonchev–Trinajstić information content (AvgIpc) is 2.74. The van der Waals surface area contributed by atoms with E-state index in [4.69, 9.17) is 21.1 Å². The van der Waals surface area contributed by atoms with Crippen LogP contribution in [-0.2, 0) is 11.2 Å². The minimum atomic E-state index is -0.343. The van der Waals surface area contributed by atoms with Crippen molar-refractivity contribution in [2.75, 3.05) is 13.7 Å². The summed E-state index contributed by atoms with van der Waals surface area (Å²) in [7, 11) is 1.51. The Morgan fingerprint density at radius 1 is 1.33 bits per heavy atom. The number of H-pyrrole nitrogens is 1. The van der Waals surface area contributed by atoms with E-state index in [1.807, 2.05) is 19.1 Å². The van der Waals surface area contributed by atoms with Gasteiger partial charge >= 0.3 is 0 Å². The van der Waals surface area contributed by atoms with Crippen LogP contribution in [0.3, 0.4) is 0 Å². The Balaban J connectivity index is 1.61. The van der Waals surface area contributed by atoms with E-state index in [0.29, 0.717) is 45.4 Å². The van der Waals surface area contributed by atoms with Crippen molar-refractivity contribution in [1.29, 1.82) is 0 Å². The molecule has 8 nitrogen and oxygen atoms in total. The van der Waals surface area contributed by atoms with Crippen LogP contribution in [0.25, 0.3) is 11.0 Å². The number of ether oxygens (including phenoxy) is 2. The minimum Gasteiger partial charge on any atom is -0.493 e. The van der Waals surface area contributed by atoms with Crippen LogP contribution in [0, 0.1) is 0 Å². The molecular weight excluding hydrogens is 408 g/mol. The van der Waals surface area contributed by atoms with Crippen LogP contribution in [0.4, 0.5) is 0 Å². The number of carbonyl (C=O) groups is 1. The van der Waals surface area contributed by atoms with Crippen molar-refractivity contribution in [2.24, 2.45) is 5.10 Å². The van der Waals surface area contributed by atoms with Crippen molar-refractivity contribution in [1.82, 2.24) is 15.4 Å². The largest absolute Gasteiger partial charge is 0.493 e. The summed E-state index contributed by atoms with van der Waals surface area (Å²) in [5.74, 6) is 0.583. The van der Waals surface area contributed by atoms with Gasteiger partial charge in [-0.05, 0) is 36.8 Å². The van der Waals surface area contributed by atoms with E-state index < -0.39 is 0 Å². The van der Waals surface area contributed by atoms with Crippen molar-refractivity contribution in [3.05, 3.63) is 63.0 Å². The molecule has 2 N–H and O–H groups in total. The second-order valence-corrected chi connectivity index (χ2v) is 6.70. The number of para-hydroxylation sites is 2. The number of carbonyl (C=O) groups excluding carboxylic acids is 1. The highest BCUT2D eigenvalue weighted by Gasteiger charge is 2.11. The number of benzene rings is 2. The molecule has 1 amide bonds. The van der Waals surface area contributed by atoms with Crippen molar-refractivity contribution in [2.45, 2.75) is 19.8 Å². The first-order chi connectivity index (χ1) is 14.5. The van der Waals surface area contributed by atoms with Crippen molar-refractivity contribution < 1.29 is 14.3 Å². The van der Waals surface area contributed by atoms with E-state index in [1.165, 1.54) is 13.3 Å². The topological polar surface area (TPSA) is 106 Å². The molecule has 0 bridgehead atoms. The van der Waals surface area contributed by atoms with Crippen LogP contribution in [0.5, 0.6) is 11.5 Å². The molecule has 0 radical (unpaired) electrons. The summed E-state index contributed by atoms with van der Waals surface area (Å²) in [6.45, 7) is 2.30. The molecule has 0 fully saturated rings. The third-order valence-electron chi connectivity index (χ3n) is 4.20. The smallest absolute Gasteiger partial charge is 0.270 e. The number of methoxy groups -OCH3 is 1. The number of fused-ring (bicyclic) bond motifs is 1. The Labute approximate surface area is 177 Å². The van der Waals surface area contributed by atoms with Crippen LogP contribution in [-0.4, -0.2) is 35.8 Å². The fourth-order valence-corrected chi connectivity index (χ4v) is 3.08. The molecule has 30 heavy (non-hydrogen) atoms. The van der Waals surface area contributed by atoms with Crippen LogP contribution < -0.4 is 20.5 Å². The summed E-state index contributed by atoms with van der Waals surface area (Å²) in [4.78, 5) is 31.3. The molecule has 0 saturated heterocycles.